The van der Waals surface area contributed by atoms with Gasteiger partial charge in [0.2, 0.25) is 5.13 Å². The first-order chi connectivity index (χ1) is 8.56. The molecule has 0 aliphatic carbocycles. The van der Waals surface area contributed by atoms with Crippen LogP contribution in [0.2, 0.25) is 10.0 Å². The van der Waals surface area contributed by atoms with Crippen molar-refractivity contribution < 1.29 is 0 Å². The maximum Gasteiger partial charge on any atom is 0.205 e. The number of aromatic nitrogens is 1. The van der Waals surface area contributed by atoms with Gasteiger partial charge >= 0.3 is 0 Å². The quantitative estimate of drug-likeness (QED) is 0.485. The summed E-state index contributed by atoms with van der Waals surface area (Å²) in [4.78, 5) is 4.00. The van der Waals surface area contributed by atoms with E-state index >= 15 is 0 Å². The molecule has 0 atom stereocenters. The van der Waals surface area contributed by atoms with E-state index in [1.165, 1.54) is 11.3 Å². The topological polar surface area (TPSA) is 63.3 Å². The van der Waals surface area contributed by atoms with E-state index in [1.54, 1.807) is 23.7 Å². The van der Waals surface area contributed by atoms with Crippen LogP contribution in [0.1, 0.15) is 5.56 Å². The van der Waals surface area contributed by atoms with Crippen LogP contribution in [0.4, 0.5) is 10.9 Å². The van der Waals surface area contributed by atoms with E-state index in [0.717, 1.165) is 4.47 Å². The molecule has 4 nitrogen and oxygen atoms in total. The largest absolute Gasteiger partial charge is 0.383 e. The molecule has 0 bridgehead atoms. The first-order valence-electron chi connectivity index (χ1n) is 4.71. The lowest BCUT2D eigenvalue weighted by molar-refractivity contribution is 1.29. The summed E-state index contributed by atoms with van der Waals surface area (Å²) in [5.41, 5.74) is 8.95. The zero-order chi connectivity index (χ0) is 13.1. The smallest absolute Gasteiger partial charge is 0.205 e. The Morgan fingerprint density at radius 2 is 2.17 bits per heavy atom. The van der Waals surface area contributed by atoms with Gasteiger partial charge in [-0.15, -0.1) is 11.3 Å². The summed E-state index contributed by atoms with van der Waals surface area (Å²) >= 11 is 16.7. The van der Waals surface area contributed by atoms with Gasteiger partial charge in [-0.25, -0.2) is 4.98 Å². The van der Waals surface area contributed by atoms with Gasteiger partial charge in [0.15, 0.2) is 0 Å². The average Bonchev–Trinajstić information content (AvgIpc) is 2.71. The van der Waals surface area contributed by atoms with E-state index < -0.39 is 0 Å². The molecule has 2 rings (SSSR count). The summed E-state index contributed by atoms with van der Waals surface area (Å²) in [7, 11) is 0. The summed E-state index contributed by atoms with van der Waals surface area (Å²) in [6.45, 7) is 0. The van der Waals surface area contributed by atoms with E-state index in [9.17, 15) is 0 Å². The first kappa shape index (κ1) is 13.6. The van der Waals surface area contributed by atoms with Crippen molar-refractivity contribution in [2.45, 2.75) is 0 Å². The first-order valence-corrected chi connectivity index (χ1v) is 7.14. The van der Waals surface area contributed by atoms with Gasteiger partial charge in [0.05, 0.1) is 16.3 Å². The minimum Gasteiger partial charge on any atom is -0.383 e. The van der Waals surface area contributed by atoms with E-state index in [2.05, 4.69) is 31.4 Å². The number of hydrogen-bond donors (Lipinski definition) is 2. The third-order valence-corrected chi connectivity index (χ3v) is 4.21. The van der Waals surface area contributed by atoms with Crippen molar-refractivity contribution in [2.24, 2.45) is 5.10 Å². The SMILES string of the molecule is Nc1csc(NN=Cc2cc(Cl)c(Br)cc2Cl)n1. The summed E-state index contributed by atoms with van der Waals surface area (Å²) < 4.78 is 0.743. The second-order valence-electron chi connectivity index (χ2n) is 3.24. The zero-order valence-corrected chi connectivity index (χ0v) is 12.7. The molecule has 0 fully saturated rings. The van der Waals surface area contributed by atoms with Crippen molar-refractivity contribution in [3.8, 4) is 0 Å². The van der Waals surface area contributed by atoms with Crippen LogP contribution in [0.5, 0.6) is 0 Å². The number of nitrogen functional groups attached to an aromatic ring is 1. The standard InChI is InChI=1S/C10H7BrCl2N4S/c11-6-2-7(12)5(1-8(6)13)3-15-17-10-16-9(14)4-18-10/h1-4H,14H2,(H,16,17). The van der Waals surface area contributed by atoms with Gasteiger partial charge in [-0.3, -0.25) is 5.43 Å². The number of nitrogens with zero attached hydrogens (tertiary/aromatic N) is 2. The number of nitrogens with two attached hydrogens (primary N) is 1. The van der Waals surface area contributed by atoms with Crippen LogP contribution >= 0.6 is 50.5 Å². The van der Waals surface area contributed by atoms with Gasteiger partial charge in [0.25, 0.3) is 0 Å². The zero-order valence-electron chi connectivity index (χ0n) is 8.82. The van der Waals surface area contributed by atoms with E-state index in [4.69, 9.17) is 28.9 Å². The van der Waals surface area contributed by atoms with Crippen LogP contribution < -0.4 is 11.2 Å². The van der Waals surface area contributed by atoms with Gasteiger partial charge in [-0.2, -0.15) is 5.10 Å². The molecule has 94 valence electrons. The van der Waals surface area contributed by atoms with Crippen molar-refractivity contribution in [1.29, 1.82) is 0 Å². The number of anilines is 2. The molecule has 3 N–H and O–H groups in total. The molecule has 0 aliphatic rings. The fourth-order valence-electron chi connectivity index (χ4n) is 1.13. The summed E-state index contributed by atoms with van der Waals surface area (Å²) in [5.74, 6) is 0.461. The Bertz CT molecular complexity index is 600. The Labute approximate surface area is 126 Å². The van der Waals surface area contributed by atoms with Crippen molar-refractivity contribution in [2.75, 3.05) is 11.2 Å². The van der Waals surface area contributed by atoms with Gasteiger partial charge in [0.1, 0.15) is 5.82 Å². The fraction of sp³-hybridized carbons (Fsp3) is 0. The predicted octanol–water partition coefficient (Wildman–Crippen LogP) is 4.24. The molecule has 0 saturated heterocycles. The molecule has 8 heteroatoms. The van der Waals surface area contributed by atoms with E-state index in [1.807, 2.05) is 0 Å². The Hall–Kier alpha value is -0.820. The Morgan fingerprint density at radius 3 is 2.83 bits per heavy atom. The minimum atomic E-state index is 0.461. The number of thiazole rings is 1. The predicted molar refractivity (Wildman–Crippen MR) is 81.9 cm³/mol. The van der Waals surface area contributed by atoms with Crippen LogP contribution in [-0.4, -0.2) is 11.2 Å². The molecule has 18 heavy (non-hydrogen) atoms. The second-order valence-corrected chi connectivity index (χ2v) is 5.76. The molecule has 1 aromatic carbocycles. The van der Waals surface area contributed by atoms with Crippen molar-refractivity contribution in [3.63, 3.8) is 0 Å². The molecular weight excluding hydrogens is 359 g/mol. The van der Waals surface area contributed by atoms with Crippen molar-refractivity contribution >= 4 is 67.6 Å². The maximum atomic E-state index is 6.05. The van der Waals surface area contributed by atoms with Crippen LogP contribution in [0.3, 0.4) is 0 Å². The summed E-state index contributed by atoms with van der Waals surface area (Å²) in [6.07, 6.45) is 1.57. The molecule has 2 aromatic rings. The molecule has 0 aliphatic heterocycles. The third kappa shape index (κ3) is 3.35. The van der Waals surface area contributed by atoms with E-state index in [-0.39, 0.29) is 0 Å². The monoisotopic (exact) mass is 364 g/mol. The van der Waals surface area contributed by atoms with Crippen LogP contribution in [0.25, 0.3) is 0 Å². The number of halogens is 3. The highest BCUT2D eigenvalue weighted by molar-refractivity contribution is 9.10. The lowest BCUT2D eigenvalue weighted by Gasteiger charge is -2.01. The van der Waals surface area contributed by atoms with Gasteiger partial charge in [0, 0.05) is 15.4 Å². The molecule has 0 spiro atoms. The lowest BCUT2D eigenvalue weighted by atomic mass is 10.2. The summed E-state index contributed by atoms with van der Waals surface area (Å²) in [6, 6.07) is 3.43. The number of hydrazone groups is 1. The Kier molecular flexibility index (Phi) is 4.45. The maximum absolute atomic E-state index is 6.05. The highest BCUT2D eigenvalue weighted by Crippen LogP contribution is 2.28. The minimum absolute atomic E-state index is 0.461. The molecule has 0 saturated carbocycles. The number of hydrogen-bond acceptors (Lipinski definition) is 5. The highest BCUT2D eigenvalue weighted by atomic mass is 79.9. The molecule has 1 heterocycles. The van der Waals surface area contributed by atoms with Crippen molar-refractivity contribution in [1.82, 2.24) is 4.98 Å². The number of rotatable bonds is 3. The molecule has 0 amide bonds. The van der Waals surface area contributed by atoms with Crippen LogP contribution in [-0.2, 0) is 0 Å². The van der Waals surface area contributed by atoms with Gasteiger partial charge < -0.3 is 5.73 Å². The lowest BCUT2D eigenvalue weighted by Crippen LogP contribution is -1.92. The molecule has 1 aromatic heterocycles. The van der Waals surface area contributed by atoms with Crippen LogP contribution in [0, 0.1) is 0 Å². The van der Waals surface area contributed by atoms with E-state index in [0.29, 0.717) is 26.6 Å². The third-order valence-electron chi connectivity index (χ3n) is 1.93. The van der Waals surface area contributed by atoms with Gasteiger partial charge in [-0.05, 0) is 28.1 Å². The van der Waals surface area contributed by atoms with Gasteiger partial charge in [-0.1, -0.05) is 23.2 Å². The molecule has 0 unspecified atom stereocenters. The Morgan fingerprint density at radius 1 is 1.39 bits per heavy atom. The normalized spacial score (nSPS) is 11.1. The average molecular weight is 366 g/mol. The Balaban J connectivity index is 2.11. The van der Waals surface area contributed by atoms with Crippen molar-refractivity contribution in [3.05, 3.63) is 37.6 Å². The summed E-state index contributed by atoms with van der Waals surface area (Å²) in [5, 5.41) is 7.47. The number of nitrogens with one attached hydrogen (secondary N) is 1. The van der Waals surface area contributed by atoms with Crippen LogP contribution in [0.15, 0.2) is 27.1 Å². The fourth-order valence-corrected chi connectivity index (χ4v) is 2.54. The highest BCUT2D eigenvalue weighted by Gasteiger charge is 2.03. The molecule has 0 radical (unpaired) electrons. The number of benzene rings is 1. The second kappa shape index (κ2) is 5.88. The molecular formula is C10H7BrCl2N4S.